The van der Waals surface area contributed by atoms with Gasteiger partial charge in [-0.15, -0.1) is 24.7 Å². The molecular weight excluding hydrogens is 740 g/mol. The van der Waals surface area contributed by atoms with Gasteiger partial charge in [0.25, 0.3) is 0 Å². The van der Waals surface area contributed by atoms with Crippen LogP contribution in [0.3, 0.4) is 0 Å². The fourth-order valence-electron chi connectivity index (χ4n) is 5.16. The van der Waals surface area contributed by atoms with Crippen LogP contribution in [0.5, 0.6) is 0 Å². The summed E-state index contributed by atoms with van der Waals surface area (Å²) in [6.45, 7) is 7.06. The number of hydrogen-bond donors (Lipinski definition) is 11. The molecule has 0 unspecified atom stereocenters. The molecule has 0 bridgehead atoms. The first-order chi connectivity index (χ1) is 27.0. The van der Waals surface area contributed by atoms with Gasteiger partial charge in [0.05, 0.1) is 0 Å². The van der Waals surface area contributed by atoms with Crippen LogP contribution in [0.25, 0.3) is 0 Å². The van der Waals surface area contributed by atoms with E-state index in [4.69, 9.17) is 30.0 Å². The minimum atomic E-state index is -1.35. The average molecular weight is 805 g/mol. The smallest absolute Gasteiger partial charge is 0.326 e. The number of terminal acetylenes is 2. The van der Waals surface area contributed by atoms with E-state index in [1.807, 2.05) is 0 Å². The van der Waals surface area contributed by atoms with Crippen LogP contribution in [0.4, 0.5) is 0 Å². The summed E-state index contributed by atoms with van der Waals surface area (Å²) in [6, 6.07) is -8.45. The topological polar surface area (TPSA) is 319 Å². The van der Waals surface area contributed by atoms with Gasteiger partial charge in [0.15, 0.2) is 0 Å². The summed E-state index contributed by atoms with van der Waals surface area (Å²) in [6.07, 6.45) is 13.9. The molecule has 0 heterocycles. The van der Waals surface area contributed by atoms with Gasteiger partial charge in [-0.3, -0.25) is 33.6 Å². The van der Waals surface area contributed by atoms with Crippen LogP contribution >= 0.6 is 0 Å². The summed E-state index contributed by atoms with van der Waals surface area (Å²) in [5.41, 5.74) is 16.7. The van der Waals surface area contributed by atoms with Crippen molar-refractivity contribution in [2.45, 2.75) is 141 Å². The lowest BCUT2D eigenvalue weighted by atomic mass is 10.1. The lowest BCUT2D eigenvalue weighted by Crippen LogP contribution is -2.59. The summed E-state index contributed by atoms with van der Waals surface area (Å²) >= 11 is 0. The number of unbranched alkanes of at least 4 members (excludes halogenated alkanes) is 3. The number of carboxylic acids is 1. The maximum atomic E-state index is 13.5. The molecule has 0 radical (unpaired) electrons. The normalized spacial score (nSPS) is 14.4. The minimum absolute atomic E-state index is 0.0861. The quantitative estimate of drug-likeness (QED) is 0.0279. The number of carboxylic acid groups (broad SMARTS) is 1. The fraction of sp³-hybridized carbons (Fsp3) is 0.684. The van der Waals surface area contributed by atoms with Gasteiger partial charge >= 0.3 is 5.97 Å². The van der Waals surface area contributed by atoms with Crippen molar-refractivity contribution in [2.24, 2.45) is 23.1 Å². The maximum absolute atomic E-state index is 13.5. The van der Waals surface area contributed by atoms with Crippen molar-refractivity contribution in [1.29, 1.82) is 0 Å². The molecule has 19 nitrogen and oxygen atoms in total. The minimum Gasteiger partial charge on any atom is -0.480 e. The van der Waals surface area contributed by atoms with Crippen molar-refractivity contribution in [3.63, 3.8) is 0 Å². The molecule has 7 amide bonds. The van der Waals surface area contributed by atoms with Crippen molar-refractivity contribution in [1.82, 2.24) is 37.2 Å². The van der Waals surface area contributed by atoms with E-state index in [0.717, 1.165) is 0 Å². The van der Waals surface area contributed by atoms with Gasteiger partial charge in [-0.1, -0.05) is 13.8 Å². The van der Waals surface area contributed by atoms with E-state index in [1.54, 1.807) is 13.8 Å². The van der Waals surface area contributed by atoms with Gasteiger partial charge in [-0.25, -0.2) is 4.79 Å². The Labute approximate surface area is 335 Å². The van der Waals surface area contributed by atoms with E-state index >= 15 is 0 Å². The predicted octanol–water partition coefficient (Wildman–Crippen LogP) is -2.41. The molecule has 0 aliphatic carbocycles. The van der Waals surface area contributed by atoms with Crippen LogP contribution in [0.2, 0.25) is 0 Å². The lowest BCUT2D eigenvalue weighted by molar-refractivity contribution is -0.142. The number of nitrogens with two attached hydrogens (primary N) is 3. The predicted molar refractivity (Wildman–Crippen MR) is 213 cm³/mol. The highest BCUT2D eigenvalue weighted by Gasteiger charge is 2.32. The molecule has 320 valence electrons. The molecule has 19 heteroatoms. The first kappa shape index (κ1) is 51.8. The lowest BCUT2D eigenvalue weighted by Gasteiger charge is -2.26. The molecule has 0 saturated heterocycles. The summed E-state index contributed by atoms with van der Waals surface area (Å²) in [5, 5.41) is 27.1. The summed E-state index contributed by atoms with van der Waals surface area (Å²) in [5.74, 6) is -2.03. The van der Waals surface area contributed by atoms with E-state index in [1.165, 1.54) is 13.8 Å². The Morgan fingerprint density at radius 3 is 1.07 bits per heavy atom. The SMILES string of the molecule is C#CC[C@H](NC(=O)[C@H](CCCCN)NC(=O)C(C)C)C(=O)N[C@@H](C)C(=O)N[C@@H](CCCCN)C(=O)N[C@@H](CC#C)C(=O)N[C@@H](C)C(=O)N[C@@H](CCCCN)C(=O)O. The first-order valence-electron chi connectivity index (χ1n) is 19.3. The number of amides is 7. The number of carbonyl (C=O) groups excluding carboxylic acids is 7. The van der Waals surface area contributed by atoms with Crippen LogP contribution < -0.4 is 54.4 Å². The van der Waals surface area contributed by atoms with E-state index < -0.39 is 89.6 Å². The van der Waals surface area contributed by atoms with Crippen LogP contribution in [-0.2, 0) is 38.4 Å². The van der Waals surface area contributed by atoms with E-state index in [0.29, 0.717) is 58.2 Å². The second kappa shape index (κ2) is 29.1. The molecule has 0 saturated carbocycles. The molecule has 0 aromatic carbocycles. The molecule has 0 rings (SSSR count). The Hall–Kier alpha value is -5.24. The van der Waals surface area contributed by atoms with Gasteiger partial charge in [-0.2, -0.15) is 0 Å². The molecule has 7 atom stereocenters. The fourth-order valence-corrected chi connectivity index (χ4v) is 5.16. The zero-order valence-electron chi connectivity index (χ0n) is 33.6. The van der Waals surface area contributed by atoms with Gasteiger partial charge in [0.1, 0.15) is 42.3 Å². The number of aliphatic carboxylic acids is 1. The zero-order valence-corrected chi connectivity index (χ0v) is 33.6. The van der Waals surface area contributed by atoms with Crippen molar-refractivity contribution < 1.29 is 43.5 Å². The molecular formula is C38H64N10O9. The third-order valence-electron chi connectivity index (χ3n) is 8.66. The number of carbonyl (C=O) groups is 8. The summed E-state index contributed by atoms with van der Waals surface area (Å²) in [4.78, 5) is 103. The van der Waals surface area contributed by atoms with Crippen molar-refractivity contribution in [3.05, 3.63) is 0 Å². The van der Waals surface area contributed by atoms with Crippen LogP contribution in [0, 0.1) is 30.6 Å². The van der Waals surface area contributed by atoms with Crippen LogP contribution in [0.15, 0.2) is 0 Å². The van der Waals surface area contributed by atoms with E-state index in [9.17, 15) is 43.5 Å². The first-order valence-corrected chi connectivity index (χ1v) is 19.3. The Bertz CT molecular complexity index is 1430. The summed E-state index contributed by atoms with van der Waals surface area (Å²) < 4.78 is 0. The molecule has 0 aliphatic heterocycles. The Morgan fingerprint density at radius 1 is 0.456 bits per heavy atom. The Kier molecular flexibility index (Phi) is 26.4. The number of rotatable bonds is 29. The van der Waals surface area contributed by atoms with Gasteiger partial charge in [0.2, 0.25) is 41.4 Å². The molecule has 0 spiro atoms. The van der Waals surface area contributed by atoms with Gasteiger partial charge in [0, 0.05) is 18.8 Å². The van der Waals surface area contributed by atoms with Crippen molar-refractivity contribution in [2.75, 3.05) is 19.6 Å². The van der Waals surface area contributed by atoms with Crippen molar-refractivity contribution >= 4 is 47.3 Å². The number of hydrogen-bond acceptors (Lipinski definition) is 11. The molecule has 57 heavy (non-hydrogen) atoms. The largest absolute Gasteiger partial charge is 0.480 e. The highest BCUT2D eigenvalue weighted by Crippen LogP contribution is 2.07. The number of nitrogens with one attached hydrogen (secondary N) is 7. The third-order valence-corrected chi connectivity index (χ3v) is 8.66. The highest BCUT2D eigenvalue weighted by atomic mass is 16.4. The highest BCUT2D eigenvalue weighted by molar-refractivity contribution is 5.97. The maximum Gasteiger partial charge on any atom is 0.326 e. The molecule has 0 fully saturated rings. The van der Waals surface area contributed by atoms with E-state index in [2.05, 4.69) is 49.1 Å². The monoisotopic (exact) mass is 804 g/mol. The molecule has 0 aliphatic rings. The standard InChI is InChI=1S/C38H64N10O9/c1-7-15-26(46-36(54)28(17-9-12-20-39)44-31(49)23(3)4)34(52)42-24(5)32(50)45-29(18-10-13-21-40)37(55)47-27(16-8-2)35(53)43-25(6)33(51)48-30(38(56)57)19-11-14-22-41/h1-2,23-30H,9-22,39-41H2,3-6H3,(H,42,52)(H,43,53)(H,44,49)(H,45,50)(H,46,54)(H,47,55)(H,48,51)(H,56,57)/t24-,25-,26-,27-,28-,29-,30-/m0/s1. The van der Waals surface area contributed by atoms with Gasteiger partial charge < -0.3 is 59.5 Å². The molecule has 0 aromatic rings. The second-order valence-corrected chi connectivity index (χ2v) is 13.9. The van der Waals surface area contributed by atoms with E-state index in [-0.39, 0.29) is 38.0 Å². The average Bonchev–Trinajstić information content (AvgIpc) is 3.15. The van der Waals surface area contributed by atoms with Gasteiger partial charge in [-0.05, 0) is 91.3 Å². The summed E-state index contributed by atoms with van der Waals surface area (Å²) in [7, 11) is 0. The Balaban J connectivity index is 5.81. The molecule has 0 aromatic heterocycles. The second-order valence-electron chi connectivity index (χ2n) is 13.9. The van der Waals surface area contributed by atoms with Crippen LogP contribution in [-0.4, -0.2) is 114 Å². The third kappa shape index (κ3) is 21.0. The Morgan fingerprint density at radius 2 is 0.754 bits per heavy atom. The zero-order chi connectivity index (χ0) is 43.5. The van der Waals surface area contributed by atoms with Crippen molar-refractivity contribution in [3.8, 4) is 24.7 Å². The molecule has 14 N–H and O–H groups in total. The van der Waals surface area contributed by atoms with Crippen LogP contribution in [0.1, 0.15) is 98.3 Å².